The number of hydrogen-bond donors (Lipinski definition) is 0. The zero-order valence-electron chi connectivity index (χ0n) is 32.5. The van der Waals surface area contributed by atoms with Gasteiger partial charge in [0.1, 0.15) is 70.4 Å². The summed E-state index contributed by atoms with van der Waals surface area (Å²) in [7, 11) is -2.21. The van der Waals surface area contributed by atoms with Crippen molar-refractivity contribution in [1.82, 2.24) is 0 Å². The molecule has 0 aliphatic heterocycles. The first kappa shape index (κ1) is 50.5. The molecule has 0 amide bonds. The van der Waals surface area contributed by atoms with Crippen molar-refractivity contribution in [3.8, 4) is 16.9 Å². The lowest BCUT2D eigenvalue weighted by Gasteiger charge is -2.44. The Morgan fingerprint density at radius 2 is 0.697 bits per heavy atom. The largest absolute Gasteiger partial charge is 0.494 e. The van der Waals surface area contributed by atoms with Crippen LogP contribution in [0.2, 0.25) is 0 Å². The van der Waals surface area contributed by atoms with Gasteiger partial charge in [-0.25, -0.2) is 87.8 Å². The summed E-state index contributed by atoms with van der Waals surface area (Å²) in [5.41, 5.74) is -12.4. The van der Waals surface area contributed by atoms with Gasteiger partial charge in [0.05, 0.1) is 6.61 Å². The third kappa shape index (κ3) is 8.67. The highest BCUT2D eigenvalue weighted by molar-refractivity contribution is 8.05. The monoisotopic (exact) mass is 978 g/mol. The van der Waals surface area contributed by atoms with E-state index in [2.05, 4.69) is 11.2 Å². The van der Waals surface area contributed by atoms with Gasteiger partial charge < -0.3 is 4.74 Å². The lowest BCUT2D eigenvalue weighted by atomic mass is 9.12. The molecule has 6 aromatic rings. The molecule has 0 aromatic heterocycles. The fourth-order valence-corrected chi connectivity index (χ4v) is 8.00. The number of hydrogen-bond acceptors (Lipinski definition) is 2. The molecule has 0 saturated heterocycles. The Balaban J connectivity index is 0.000000324. The van der Waals surface area contributed by atoms with Crippen molar-refractivity contribution in [2.75, 3.05) is 12.9 Å². The first-order valence-corrected chi connectivity index (χ1v) is 19.9. The molecule has 0 fully saturated rings. The van der Waals surface area contributed by atoms with Crippen molar-refractivity contribution in [3.63, 3.8) is 0 Å². The van der Waals surface area contributed by atoms with Crippen LogP contribution in [0.15, 0.2) is 54.6 Å². The minimum Gasteiger partial charge on any atom is -0.494 e. The molecule has 0 radical (unpaired) electrons. The van der Waals surface area contributed by atoms with E-state index in [1.165, 1.54) is 0 Å². The molecule has 66 heavy (non-hydrogen) atoms. The highest BCUT2D eigenvalue weighted by Gasteiger charge is 2.52. The van der Waals surface area contributed by atoms with Crippen molar-refractivity contribution in [2.45, 2.75) is 12.7 Å². The molecule has 6 aromatic carbocycles. The van der Waals surface area contributed by atoms with Crippen molar-refractivity contribution >= 4 is 37.9 Å². The van der Waals surface area contributed by atoms with Crippen molar-refractivity contribution in [3.05, 3.63) is 182 Å². The molecule has 6 rings (SSSR count). The fourth-order valence-electron chi connectivity index (χ4n) is 6.77. The summed E-state index contributed by atoms with van der Waals surface area (Å²) in [5, 5.41) is 2.91. The van der Waals surface area contributed by atoms with Crippen molar-refractivity contribution in [2.24, 2.45) is 0 Å². The molecule has 0 saturated carbocycles. The number of rotatable bonds is 8. The highest BCUT2D eigenvalue weighted by atomic mass is 32.2. The van der Waals surface area contributed by atoms with Crippen LogP contribution in [0.4, 0.5) is 87.8 Å². The van der Waals surface area contributed by atoms with E-state index in [4.69, 9.17) is 4.74 Å². The lowest BCUT2D eigenvalue weighted by molar-refractivity contribution is 0.340. The Bertz CT molecular complexity index is 2630. The van der Waals surface area contributed by atoms with Crippen LogP contribution in [-0.2, 0) is 19.9 Å². The molecule has 0 spiro atoms. The first-order chi connectivity index (χ1) is 30.8. The minimum absolute atomic E-state index is 0.458. The quantitative estimate of drug-likeness (QED) is 0.0380. The molecule has 2 nitrogen and oxygen atoms in total. The molecule has 1 atom stereocenters. The second-order valence-electron chi connectivity index (χ2n) is 13.6. The van der Waals surface area contributed by atoms with Gasteiger partial charge in [0.2, 0.25) is 0 Å². The molecule has 348 valence electrons. The third-order valence-corrected chi connectivity index (χ3v) is 11.0. The summed E-state index contributed by atoms with van der Waals surface area (Å²) >= 11 is 0. The van der Waals surface area contributed by atoms with E-state index in [1.807, 2.05) is 61.5 Å². The van der Waals surface area contributed by atoms with Crippen LogP contribution >= 0.6 is 0 Å². The third-order valence-electron chi connectivity index (χ3n) is 9.57. The maximum Gasteiger partial charge on any atom is 0.200 e. The fraction of sp³-hybridized carbons (Fsp3) is 0.0952. The summed E-state index contributed by atoms with van der Waals surface area (Å²) in [6.07, 6.45) is -5.51. The maximum atomic E-state index is 15.4. The van der Waals surface area contributed by atoms with Crippen LogP contribution in [0.5, 0.6) is 5.75 Å². The number of benzene rings is 6. The van der Waals surface area contributed by atoms with Gasteiger partial charge in [-0.1, -0.05) is 34.5 Å². The van der Waals surface area contributed by atoms with Gasteiger partial charge in [-0.05, 0) is 37.1 Å². The summed E-state index contributed by atoms with van der Waals surface area (Å²) in [6, 6.07) is 17.3. The Kier molecular flexibility index (Phi) is 14.6. The average molecular weight is 978 g/mol. The van der Waals surface area contributed by atoms with Crippen molar-refractivity contribution in [1.29, 1.82) is 0 Å². The minimum atomic E-state index is -7.22. The van der Waals surface area contributed by atoms with E-state index in [9.17, 15) is 56.9 Å². The van der Waals surface area contributed by atoms with Crippen LogP contribution in [0, 0.1) is 128 Å². The predicted molar refractivity (Wildman–Crippen MR) is 198 cm³/mol. The molecular formula is C42H19BF20O2S. The topological polar surface area (TPSA) is 26.3 Å². The smallest absolute Gasteiger partial charge is 0.200 e. The normalized spacial score (nSPS) is 12.3. The van der Waals surface area contributed by atoms with E-state index in [0.717, 1.165) is 16.9 Å². The van der Waals surface area contributed by atoms with Crippen LogP contribution in [0.25, 0.3) is 0 Å². The van der Waals surface area contributed by atoms with Crippen LogP contribution in [0.3, 0.4) is 0 Å². The summed E-state index contributed by atoms with van der Waals surface area (Å²) in [6.45, 7) is 2.60. The molecule has 0 heterocycles. The summed E-state index contributed by atoms with van der Waals surface area (Å²) in [4.78, 5) is 0. The van der Waals surface area contributed by atoms with Gasteiger partial charge in [0, 0.05) is 11.1 Å². The number of halogens is 20. The van der Waals surface area contributed by atoms with Gasteiger partial charge in [-0.3, -0.25) is 0 Å². The molecule has 0 aliphatic rings. The summed E-state index contributed by atoms with van der Waals surface area (Å²) < 4.78 is 312. The Morgan fingerprint density at radius 1 is 0.424 bits per heavy atom. The zero-order valence-corrected chi connectivity index (χ0v) is 33.3. The Labute approximate surface area is 358 Å². The van der Waals surface area contributed by atoms with E-state index >= 15 is 35.1 Å². The predicted octanol–water partition coefficient (Wildman–Crippen LogP) is 9.57. The van der Waals surface area contributed by atoms with Crippen LogP contribution in [0.1, 0.15) is 18.1 Å². The average Bonchev–Trinajstić information content (AvgIpc) is 3.29. The SMILES string of the molecule is CCOc1ccc(C[S+](C)(=O)C#Cc2ccccc2)cc1.Fc1c(F)c(F)c([B-](c2c(F)c(F)c(F)c(F)c2F)(c2c(F)c(F)c(F)c(F)c2F)c2c(F)c(F)c(F)c(F)c2F)c(F)c1F. The Hall–Kier alpha value is -6.51. The molecule has 0 N–H and O–H groups in total. The molecular weight excluding hydrogens is 959 g/mol. The van der Waals surface area contributed by atoms with Crippen molar-refractivity contribution < 1.29 is 96.8 Å². The van der Waals surface area contributed by atoms with E-state index in [0.29, 0.717) is 12.4 Å². The second-order valence-corrected chi connectivity index (χ2v) is 16.1. The Morgan fingerprint density at radius 3 is 0.970 bits per heavy atom. The number of ether oxygens (including phenoxy) is 1. The van der Waals surface area contributed by atoms with Gasteiger partial charge in [0.25, 0.3) is 0 Å². The van der Waals surface area contributed by atoms with E-state index < -0.39 is 154 Å². The first-order valence-electron chi connectivity index (χ1n) is 17.8. The van der Waals surface area contributed by atoms with E-state index in [1.54, 1.807) is 6.26 Å². The van der Waals surface area contributed by atoms with E-state index in [-0.39, 0.29) is 0 Å². The maximum absolute atomic E-state index is 15.4. The van der Waals surface area contributed by atoms with Gasteiger partial charge >= 0.3 is 0 Å². The molecule has 24 heteroatoms. The van der Waals surface area contributed by atoms with Gasteiger partial charge in [0.15, 0.2) is 85.0 Å². The molecule has 1 unspecified atom stereocenters. The van der Waals surface area contributed by atoms with Gasteiger partial charge in [-0.2, -0.15) is 0 Å². The van der Waals surface area contributed by atoms with Crippen LogP contribution in [-0.4, -0.2) is 19.0 Å². The standard InChI is InChI=1S/C24BF20.C18H19O2S/c26-5-1(6(27)14(35)21(42)13(5)34)25(2-7(28)15(36)22(43)16(37)8(2)29,3-9(30)17(38)23(44)18(39)10(3)31)4-11(32)19(40)24(45)20(41)12(4)33;1-3-20-18-11-9-17(10-12-18)15-21(2,19)14-13-16-7-5-4-6-8-16/h;4-12H,3,15H2,1-2H3/q-1;+1. The zero-order chi connectivity index (χ0) is 49.5. The molecule has 0 aliphatic carbocycles. The van der Waals surface area contributed by atoms with Crippen LogP contribution < -0.4 is 26.6 Å². The molecule has 0 bridgehead atoms. The highest BCUT2D eigenvalue weighted by Crippen LogP contribution is 2.31. The summed E-state index contributed by atoms with van der Waals surface area (Å²) in [5.74, 6) is -67.1. The second kappa shape index (κ2) is 19.1. The lowest BCUT2D eigenvalue weighted by Crippen LogP contribution is -2.81. The van der Waals surface area contributed by atoms with Gasteiger partial charge in [-0.15, -0.1) is 21.9 Å².